The molecule has 40 heavy (non-hydrogen) atoms. The standard InChI is InChI=1S/C28H40N6O6/c1-27(2,3)39-25(36)33-17-18-15-20(33)24(35)31(7)14-10-11-19-21(16-29-32(19)8)38-23-13-9-12-22(30-23)34(18)26(37)40-28(4,5)6/h9,12-13,16,18,20H,10-11,14-15,17H2,1-8H3/t18-,20-/m0/s1. The molecule has 2 atom stereocenters. The van der Waals surface area contributed by atoms with Crippen LogP contribution in [-0.2, 0) is 27.7 Å². The van der Waals surface area contributed by atoms with Gasteiger partial charge >= 0.3 is 12.2 Å². The number of likely N-dealkylation sites (N-methyl/N-ethyl adjacent to an activating group) is 1. The van der Waals surface area contributed by atoms with Gasteiger partial charge in [-0.25, -0.2) is 9.59 Å². The van der Waals surface area contributed by atoms with Gasteiger partial charge in [-0.3, -0.25) is 19.3 Å². The summed E-state index contributed by atoms with van der Waals surface area (Å²) in [5, 5.41) is 4.33. The Balaban J connectivity index is 1.80. The molecule has 0 aliphatic carbocycles. The molecule has 2 aliphatic rings. The van der Waals surface area contributed by atoms with Crippen molar-refractivity contribution < 1.29 is 28.6 Å². The zero-order valence-electron chi connectivity index (χ0n) is 24.6. The Morgan fingerprint density at radius 3 is 2.38 bits per heavy atom. The lowest BCUT2D eigenvalue weighted by Gasteiger charge is -2.31. The Kier molecular flexibility index (Phi) is 8.00. The van der Waals surface area contributed by atoms with E-state index in [-0.39, 0.29) is 30.6 Å². The van der Waals surface area contributed by atoms with Crippen molar-refractivity contribution in [2.45, 2.75) is 84.1 Å². The number of aromatic nitrogens is 3. The van der Waals surface area contributed by atoms with E-state index in [1.807, 2.05) is 7.05 Å². The third kappa shape index (κ3) is 6.65. The SMILES string of the molecule is CN1CCCc2c(cnn2C)Oc2cccc(n2)N(C(=O)OC(C)(C)C)[C@H]2C[C@@H](C1=O)N(C(=O)OC(C)(C)C)C2. The van der Waals surface area contributed by atoms with Crippen LogP contribution >= 0.6 is 0 Å². The highest BCUT2D eigenvalue weighted by Crippen LogP contribution is 2.32. The van der Waals surface area contributed by atoms with Crippen molar-refractivity contribution in [1.82, 2.24) is 24.6 Å². The lowest BCUT2D eigenvalue weighted by molar-refractivity contribution is -0.134. The van der Waals surface area contributed by atoms with E-state index in [0.29, 0.717) is 25.1 Å². The van der Waals surface area contributed by atoms with Crippen LogP contribution in [0.25, 0.3) is 0 Å². The third-order valence-corrected chi connectivity index (χ3v) is 6.62. The molecule has 4 heterocycles. The van der Waals surface area contributed by atoms with Crippen LogP contribution in [0.15, 0.2) is 24.4 Å². The molecule has 3 amide bonds. The Labute approximate surface area is 235 Å². The second kappa shape index (κ2) is 11.0. The number of hydrogen-bond acceptors (Lipinski definition) is 8. The van der Waals surface area contributed by atoms with Gasteiger partial charge in [-0.05, 0) is 66.9 Å². The summed E-state index contributed by atoms with van der Waals surface area (Å²) in [5.41, 5.74) is -0.695. The van der Waals surface area contributed by atoms with E-state index in [1.54, 1.807) is 82.6 Å². The number of pyridine rings is 1. The molecule has 0 spiro atoms. The average molecular weight is 557 g/mol. The maximum Gasteiger partial charge on any atom is 0.416 e. The molecule has 1 fully saturated rings. The highest BCUT2D eigenvalue weighted by molar-refractivity contribution is 5.90. The number of ether oxygens (including phenoxy) is 3. The molecule has 0 unspecified atom stereocenters. The van der Waals surface area contributed by atoms with Crippen LogP contribution in [-0.4, -0.2) is 86.1 Å². The first-order valence-corrected chi connectivity index (χ1v) is 13.6. The minimum absolute atomic E-state index is 0.0674. The molecule has 4 rings (SSSR count). The van der Waals surface area contributed by atoms with Gasteiger partial charge < -0.3 is 19.1 Å². The molecule has 1 saturated heterocycles. The number of anilines is 1. The smallest absolute Gasteiger partial charge is 0.416 e. The monoisotopic (exact) mass is 556 g/mol. The van der Waals surface area contributed by atoms with E-state index >= 15 is 0 Å². The fourth-order valence-electron chi connectivity index (χ4n) is 4.87. The van der Waals surface area contributed by atoms with E-state index in [1.165, 1.54) is 9.80 Å². The molecule has 0 saturated carbocycles. The van der Waals surface area contributed by atoms with Crippen molar-refractivity contribution >= 4 is 23.9 Å². The summed E-state index contributed by atoms with van der Waals surface area (Å²) in [4.78, 5) is 49.8. The van der Waals surface area contributed by atoms with Crippen LogP contribution in [0.5, 0.6) is 11.6 Å². The van der Waals surface area contributed by atoms with Crippen LogP contribution in [0, 0.1) is 0 Å². The van der Waals surface area contributed by atoms with Crippen molar-refractivity contribution in [3.8, 4) is 11.6 Å². The van der Waals surface area contributed by atoms with Gasteiger partial charge in [0.05, 0.1) is 17.9 Å². The highest BCUT2D eigenvalue weighted by Gasteiger charge is 2.47. The summed E-state index contributed by atoms with van der Waals surface area (Å²) < 4.78 is 19.3. The number of aryl methyl sites for hydroxylation is 1. The molecule has 12 nitrogen and oxygen atoms in total. The van der Waals surface area contributed by atoms with E-state index in [0.717, 1.165) is 5.69 Å². The largest absolute Gasteiger partial charge is 0.444 e. The fourth-order valence-corrected chi connectivity index (χ4v) is 4.87. The lowest BCUT2D eigenvalue weighted by Crippen LogP contribution is -2.48. The van der Waals surface area contributed by atoms with Gasteiger partial charge in [-0.1, -0.05) is 6.07 Å². The first-order valence-electron chi connectivity index (χ1n) is 13.6. The zero-order valence-corrected chi connectivity index (χ0v) is 24.6. The molecule has 2 aliphatic heterocycles. The van der Waals surface area contributed by atoms with Gasteiger partial charge in [-0.15, -0.1) is 0 Å². The molecule has 4 bridgehead atoms. The van der Waals surface area contributed by atoms with Crippen molar-refractivity contribution in [2.24, 2.45) is 7.05 Å². The predicted molar refractivity (Wildman–Crippen MR) is 147 cm³/mol. The Hall–Kier alpha value is -3.83. The summed E-state index contributed by atoms with van der Waals surface area (Å²) >= 11 is 0. The van der Waals surface area contributed by atoms with Crippen LogP contribution in [0.3, 0.4) is 0 Å². The first kappa shape index (κ1) is 29.2. The van der Waals surface area contributed by atoms with Crippen molar-refractivity contribution in [1.29, 1.82) is 0 Å². The minimum atomic E-state index is -0.827. The number of carbonyl (C=O) groups is 3. The molecule has 12 heteroatoms. The number of likely N-dealkylation sites (tertiary alicyclic amines) is 1. The Morgan fingerprint density at radius 1 is 1.02 bits per heavy atom. The van der Waals surface area contributed by atoms with Gasteiger partial charge in [0.15, 0.2) is 5.75 Å². The lowest BCUT2D eigenvalue weighted by atomic mass is 10.1. The number of nitrogens with zero attached hydrogens (tertiary/aromatic N) is 6. The second-order valence-corrected chi connectivity index (χ2v) is 12.3. The molecule has 0 radical (unpaired) electrons. The summed E-state index contributed by atoms with van der Waals surface area (Å²) in [7, 11) is 3.55. The molecular weight excluding hydrogens is 516 g/mol. The van der Waals surface area contributed by atoms with Gasteiger partial charge in [-0.2, -0.15) is 10.1 Å². The maximum absolute atomic E-state index is 13.7. The van der Waals surface area contributed by atoms with E-state index in [9.17, 15) is 14.4 Å². The van der Waals surface area contributed by atoms with Crippen LogP contribution in [0.4, 0.5) is 15.4 Å². The number of hydrogen-bond donors (Lipinski definition) is 0. The second-order valence-electron chi connectivity index (χ2n) is 12.3. The highest BCUT2D eigenvalue weighted by atomic mass is 16.6. The molecular formula is C28H40N6O6. The molecule has 2 aromatic heterocycles. The van der Waals surface area contributed by atoms with Gasteiger partial charge in [0.25, 0.3) is 0 Å². The summed E-state index contributed by atoms with van der Waals surface area (Å²) in [5.74, 6) is 0.887. The van der Waals surface area contributed by atoms with Gasteiger partial charge in [0.1, 0.15) is 23.1 Å². The van der Waals surface area contributed by atoms with Gasteiger partial charge in [0.2, 0.25) is 11.8 Å². The minimum Gasteiger partial charge on any atom is -0.444 e. The molecule has 2 aromatic rings. The van der Waals surface area contributed by atoms with E-state index in [2.05, 4.69) is 10.1 Å². The van der Waals surface area contributed by atoms with Crippen LogP contribution < -0.4 is 9.64 Å². The van der Waals surface area contributed by atoms with Crippen LogP contribution in [0.1, 0.15) is 60.1 Å². The van der Waals surface area contributed by atoms with Crippen LogP contribution in [0.2, 0.25) is 0 Å². The molecule has 0 N–H and O–H groups in total. The number of fused-ring (bicyclic) bond motifs is 5. The number of rotatable bonds is 0. The quantitative estimate of drug-likeness (QED) is 0.475. The fraction of sp³-hybridized carbons (Fsp3) is 0.607. The van der Waals surface area contributed by atoms with Crippen molar-refractivity contribution in [2.75, 3.05) is 25.0 Å². The average Bonchev–Trinajstić information content (AvgIpc) is 3.40. The predicted octanol–water partition coefficient (Wildman–Crippen LogP) is 4.13. The van der Waals surface area contributed by atoms with E-state index < -0.39 is 35.5 Å². The summed E-state index contributed by atoms with van der Waals surface area (Å²) in [6.45, 7) is 11.2. The topological polar surface area (TPSA) is 119 Å². The van der Waals surface area contributed by atoms with Crippen molar-refractivity contribution in [3.63, 3.8) is 0 Å². The van der Waals surface area contributed by atoms with Crippen molar-refractivity contribution in [3.05, 3.63) is 30.1 Å². The Morgan fingerprint density at radius 2 is 1.70 bits per heavy atom. The van der Waals surface area contributed by atoms with E-state index in [4.69, 9.17) is 14.2 Å². The maximum atomic E-state index is 13.7. The third-order valence-electron chi connectivity index (χ3n) is 6.62. The number of carbonyl (C=O) groups excluding carboxylic acids is 3. The van der Waals surface area contributed by atoms with Gasteiger partial charge in [0, 0.05) is 33.3 Å². The summed E-state index contributed by atoms with van der Waals surface area (Å²) in [6.07, 6.45) is 1.83. The summed E-state index contributed by atoms with van der Waals surface area (Å²) in [6, 6.07) is 3.68. The first-order chi connectivity index (χ1) is 18.6. The molecule has 0 aromatic carbocycles. The zero-order chi connectivity index (χ0) is 29.4. The molecule has 218 valence electrons. The Bertz CT molecular complexity index is 1260. The number of amides is 3. The normalized spacial score (nSPS) is 20.3.